The van der Waals surface area contributed by atoms with E-state index >= 15 is 0 Å². The first-order valence-electron chi connectivity index (χ1n) is 13.8. The Morgan fingerprint density at radius 2 is 1.40 bits per heavy atom. The number of amidine groups is 1. The molecule has 2 atom stereocenters. The number of benzene rings is 3. The molecule has 0 spiro atoms. The van der Waals surface area contributed by atoms with Crippen LogP contribution >= 0.6 is 0 Å². The molecule has 43 heavy (non-hydrogen) atoms. The van der Waals surface area contributed by atoms with Crippen LogP contribution in [0.3, 0.4) is 0 Å². The summed E-state index contributed by atoms with van der Waals surface area (Å²) in [5, 5.41) is 22.0. The van der Waals surface area contributed by atoms with Crippen LogP contribution < -0.4 is 21.1 Å². The lowest BCUT2D eigenvalue weighted by Crippen LogP contribution is -2.53. The molecule has 12 heteroatoms. The van der Waals surface area contributed by atoms with E-state index in [-0.39, 0.29) is 37.4 Å². The van der Waals surface area contributed by atoms with Crippen molar-refractivity contribution in [2.24, 2.45) is 5.73 Å². The van der Waals surface area contributed by atoms with Crippen LogP contribution in [0.5, 0.6) is 0 Å². The molecule has 11 nitrogen and oxygen atoms in total. The second-order valence-corrected chi connectivity index (χ2v) is 11.9. The molecule has 3 rings (SSSR count). The molecule has 0 unspecified atom stereocenters. The second-order valence-electron chi connectivity index (χ2n) is 10.1. The number of rotatable bonds is 17. The Morgan fingerprint density at radius 1 is 0.791 bits per heavy atom. The number of amides is 2. The SMILES string of the molecule is N=C(N)c1ccc(CNC(=O)[C@H](CCC(=O)O)NC(=O)[C@@H](CCCc2ccccc2)NS(=O)(=O)Cc2ccccc2)cc1. The van der Waals surface area contributed by atoms with E-state index in [0.29, 0.717) is 29.5 Å². The molecule has 0 aliphatic heterocycles. The van der Waals surface area contributed by atoms with Crippen LogP contribution in [-0.4, -0.2) is 49.2 Å². The van der Waals surface area contributed by atoms with E-state index in [0.717, 1.165) is 5.56 Å². The number of carboxylic acid groups (broad SMARTS) is 1. The lowest BCUT2D eigenvalue weighted by atomic mass is 10.0. The Kier molecular flexibility index (Phi) is 12.4. The molecule has 0 radical (unpaired) electrons. The summed E-state index contributed by atoms with van der Waals surface area (Å²) in [6, 6.07) is 22.4. The van der Waals surface area contributed by atoms with Gasteiger partial charge in [0, 0.05) is 18.5 Å². The highest BCUT2D eigenvalue weighted by Gasteiger charge is 2.29. The van der Waals surface area contributed by atoms with Crippen LogP contribution in [0.2, 0.25) is 0 Å². The van der Waals surface area contributed by atoms with Crippen molar-refractivity contribution in [2.75, 3.05) is 0 Å². The maximum absolute atomic E-state index is 13.5. The van der Waals surface area contributed by atoms with Gasteiger partial charge < -0.3 is 21.5 Å². The lowest BCUT2D eigenvalue weighted by Gasteiger charge is -2.23. The molecule has 2 amide bonds. The number of hydrogen-bond acceptors (Lipinski definition) is 6. The first-order valence-corrected chi connectivity index (χ1v) is 15.5. The molecule has 0 aliphatic carbocycles. The summed E-state index contributed by atoms with van der Waals surface area (Å²) in [7, 11) is -3.94. The fourth-order valence-electron chi connectivity index (χ4n) is 4.37. The van der Waals surface area contributed by atoms with E-state index in [1.54, 1.807) is 54.6 Å². The smallest absolute Gasteiger partial charge is 0.303 e. The summed E-state index contributed by atoms with van der Waals surface area (Å²) < 4.78 is 28.6. The summed E-state index contributed by atoms with van der Waals surface area (Å²) in [5.41, 5.74) is 8.28. The Morgan fingerprint density at radius 3 is 1.98 bits per heavy atom. The zero-order valence-corrected chi connectivity index (χ0v) is 24.5. The van der Waals surface area contributed by atoms with Crippen LogP contribution in [0, 0.1) is 5.41 Å². The first-order chi connectivity index (χ1) is 20.5. The molecule has 0 saturated carbocycles. The van der Waals surface area contributed by atoms with Gasteiger partial charge in [-0.2, -0.15) is 0 Å². The number of nitrogens with one attached hydrogen (secondary N) is 4. The monoisotopic (exact) mass is 607 g/mol. The van der Waals surface area contributed by atoms with E-state index < -0.39 is 39.9 Å². The van der Waals surface area contributed by atoms with Gasteiger partial charge in [0.25, 0.3) is 0 Å². The van der Waals surface area contributed by atoms with Crippen molar-refractivity contribution >= 4 is 33.6 Å². The Balaban J connectivity index is 1.72. The highest BCUT2D eigenvalue weighted by molar-refractivity contribution is 7.88. The minimum atomic E-state index is -3.94. The highest BCUT2D eigenvalue weighted by Crippen LogP contribution is 2.12. The Labute approximate surface area is 251 Å². The predicted molar refractivity (Wildman–Crippen MR) is 163 cm³/mol. The highest BCUT2D eigenvalue weighted by atomic mass is 32.2. The van der Waals surface area contributed by atoms with Crippen molar-refractivity contribution in [3.63, 3.8) is 0 Å². The Bertz CT molecular complexity index is 1480. The lowest BCUT2D eigenvalue weighted by molar-refractivity contribution is -0.138. The van der Waals surface area contributed by atoms with Gasteiger partial charge in [0.2, 0.25) is 21.8 Å². The van der Waals surface area contributed by atoms with Crippen molar-refractivity contribution in [1.29, 1.82) is 5.41 Å². The molecule has 0 aliphatic rings. The molecule has 0 fully saturated rings. The zero-order chi connectivity index (χ0) is 31.2. The van der Waals surface area contributed by atoms with Crippen molar-refractivity contribution in [3.05, 3.63) is 107 Å². The van der Waals surface area contributed by atoms with Crippen molar-refractivity contribution < 1.29 is 27.9 Å². The van der Waals surface area contributed by atoms with E-state index in [4.69, 9.17) is 11.1 Å². The third-order valence-corrected chi connectivity index (χ3v) is 8.01. The van der Waals surface area contributed by atoms with Gasteiger partial charge in [0.05, 0.1) is 5.75 Å². The van der Waals surface area contributed by atoms with Gasteiger partial charge in [-0.3, -0.25) is 19.8 Å². The van der Waals surface area contributed by atoms with E-state index in [1.807, 2.05) is 30.3 Å². The molecule has 0 heterocycles. The molecule has 228 valence electrons. The van der Waals surface area contributed by atoms with Crippen LogP contribution in [0.1, 0.15) is 47.9 Å². The molecule has 3 aromatic rings. The average molecular weight is 608 g/mol. The van der Waals surface area contributed by atoms with Gasteiger partial charge in [0.1, 0.15) is 17.9 Å². The zero-order valence-electron chi connectivity index (χ0n) is 23.7. The first kappa shape index (κ1) is 33.0. The number of hydrogen-bond donors (Lipinski definition) is 6. The molecule has 0 bridgehead atoms. The number of carboxylic acids is 1. The van der Waals surface area contributed by atoms with Gasteiger partial charge >= 0.3 is 5.97 Å². The van der Waals surface area contributed by atoms with Crippen molar-refractivity contribution in [1.82, 2.24) is 15.4 Å². The van der Waals surface area contributed by atoms with E-state index in [9.17, 15) is 27.9 Å². The largest absolute Gasteiger partial charge is 0.481 e. The third-order valence-electron chi connectivity index (χ3n) is 6.65. The molecule has 3 aromatic carbocycles. The summed E-state index contributed by atoms with van der Waals surface area (Å²) in [4.78, 5) is 37.8. The van der Waals surface area contributed by atoms with Gasteiger partial charge in [0.15, 0.2) is 0 Å². The number of nitrogen functional groups attached to an aromatic ring is 1. The minimum absolute atomic E-state index is 0.0840. The number of nitrogens with two attached hydrogens (primary N) is 1. The maximum atomic E-state index is 13.5. The normalized spacial score (nSPS) is 12.6. The van der Waals surface area contributed by atoms with Gasteiger partial charge in [-0.25, -0.2) is 13.1 Å². The van der Waals surface area contributed by atoms with Gasteiger partial charge in [-0.15, -0.1) is 0 Å². The molecular formula is C31H37N5O6S. The van der Waals surface area contributed by atoms with Crippen molar-refractivity contribution in [3.8, 4) is 0 Å². The van der Waals surface area contributed by atoms with Crippen LogP contribution in [0.4, 0.5) is 0 Å². The molecular weight excluding hydrogens is 570 g/mol. The number of aliphatic carboxylic acids is 1. The summed E-state index contributed by atoms with van der Waals surface area (Å²) in [5.74, 6) is -2.90. The Hall–Kier alpha value is -4.55. The molecule has 0 aromatic heterocycles. The molecule has 7 N–H and O–H groups in total. The number of carbonyl (C=O) groups is 3. The predicted octanol–water partition coefficient (Wildman–Crippen LogP) is 2.45. The standard InChI is InChI=1S/C31H37N5O6S/c32-29(33)25-16-14-23(15-17-25)20-34-30(39)26(18-19-28(37)38)35-31(40)27(13-7-12-22-8-3-1-4-9-22)36-43(41,42)21-24-10-5-2-6-11-24/h1-6,8-11,14-17,26-27,36H,7,12-13,18-21H2,(H3,32,33)(H,34,39)(H,35,40)(H,37,38)/t26-,27+/m0/s1. The van der Waals surface area contributed by atoms with Crippen molar-refractivity contribution in [2.45, 2.75) is 56.5 Å². The minimum Gasteiger partial charge on any atom is -0.481 e. The number of sulfonamides is 1. The van der Waals surface area contributed by atoms with E-state index in [1.165, 1.54) is 0 Å². The summed E-state index contributed by atoms with van der Waals surface area (Å²) in [6.45, 7) is 0.0840. The van der Waals surface area contributed by atoms with Crippen LogP contribution in [0.15, 0.2) is 84.9 Å². The second kappa shape index (κ2) is 16.2. The maximum Gasteiger partial charge on any atom is 0.303 e. The fraction of sp³-hybridized carbons (Fsp3) is 0.290. The number of aryl methyl sites for hydroxylation is 1. The van der Waals surface area contributed by atoms with Gasteiger partial charge in [-0.05, 0) is 42.4 Å². The topological polar surface area (TPSA) is 192 Å². The number of carbonyl (C=O) groups excluding carboxylic acids is 2. The van der Waals surface area contributed by atoms with E-state index in [2.05, 4.69) is 15.4 Å². The fourth-order valence-corrected chi connectivity index (χ4v) is 5.75. The quantitative estimate of drug-likeness (QED) is 0.100. The van der Waals surface area contributed by atoms with Crippen LogP contribution in [0.25, 0.3) is 0 Å². The summed E-state index contributed by atoms with van der Waals surface area (Å²) in [6.07, 6.45) is 0.673. The third kappa shape index (κ3) is 11.7. The molecule has 0 saturated heterocycles. The average Bonchev–Trinajstić information content (AvgIpc) is 2.98. The van der Waals surface area contributed by atoms with Crippen LogP contribution in [-0.2, 0) is 43.1 Å². The van der Waals surface area contributed by atoms with Gasteiger partial charge in [-0.1, -0.05) is 84.9 Å². The summed E-state index contributed by atoms with van der Waals surface area (Å²) >= 11 is 0.